The van der Waals surface area contributed by atoms with Gasteiger partial charge in [-0.15, -0.1) is 0 Å². The monoisotopic (exact) mass is 292 g/mol. The van der Waals surface area contributed by atoms with Gasteiger partial charge in [-0.25, -0.2) is 9.78 Å². The normalized spacial score (nSPS) is 19.2. The van der Waals surface area contributed by atoms with Crippen LogP contribution in [0.4, 0.5) is 11.5 Å². The molecule has 0 aliphatic carbocycles. The highest BCUT2D eigenvalue weighted by Gasteiger charge is 2.20. The third kappa shape index (κ3) is 4.07. The molecule has 2 rings (SSSR count). The van der Waals surface area contributed by atoms with E-state index in [0.29, 0.717) is 29.7 Å². The molecule has 0 spiro atoms. The summed E-state index contributed by atoms with van der Waals surface area (Å²) in [6.07, 6.45) is 5.21. The number of nitrogens with one attached hydrogen (secondary N) is 1. The van der Waals surface area contributed by atoms with E-state index in [9.17, 15) is 4.79 Å². The molecule has 116 valence electrons. The number of piperidine rings is 1. The summed E-state index contributed by atoms with van der Waals surface area (Å²) in [6.45, 7) is 3.99. The molecule has 0 amide bonds. The average Bonchev–Trinajstić information content (AvgIpc) is 2.47. The van der Waals surface area contributed by atoms with E-state index in [4.69, 9.17) is 10.5 Å². The Kier molecular flexibility index (Phi) is 5.38. The SMILES string of the molecule is CCOC(=O)c1cc(N)cnc1NCC1CCCCN1C. The van der Waals surface area contributed by atoms with Crippen LogP contribution in [-0.4, -0.2) is 48.6 Å². The maximum atomic E-state index is 12.0. The number of rotatable bonds is 5. The molecule has 1 aliphatic heterocycles. The van der Waals surface area contributed by atoms with Gasteiger partial charge >= 0.3 is 5.97 Å². The van der Waals surface area contributed by atoms with E-state index in [0.717, 1.165) is 19.5 Å². The van der Waals surface area contributed by atoms with Crippen LogP contribution in [0.3, 0.4) is 0 Å². The zero-order valence-electron chi connectivity index (χ0n) is 12.8. The van der Waals surface area contributed by atoms with Gasteiger partial charge in [-0.1, -0.05) is 6.42 Å². The quantitative estimate of drug-likeness (QED) is 0.805. The number of likely N-dealkylation sites (tertiary alicyclic amines) is 1. The molecule has 6 nitrogen and oxygen atoms in total. The molecule has 1 unspecified atom stereocenters. The second-order valence-electron chi connectivity index (χ2n) is 5.40. The number of pyridine rings is 1. The number of carbonyl (C=O) groups excluding carboxylic acids is 1. The maximum absolute atomic E-state index is 12.0. The molecule has 1 saturated heterocycles. The summed E-state index contributed by atoms with van der Waals surface area (Å²) in [7, 11) is 2.13. The maximum Gasteiger partial charge on any atom is 0.341 e. The van der Waals surface area contributed by atoms with E-state index < -0.39 is 5.97 Å². The lowest BCUT2D eigenvalue weighted by Gasteiger charge is -2.32. The molecule has 6 heteroatoms. The molecular weight excluding hydrogens is 268 g/mol. The van der Waals surface area contributed by atoms with Gasteiger partial charge in [0.05, 0.1) is 18.5 Å². The van der Waals surface area contributed by atoms with Gasteiger partial charge in [0, 0.05) is 12.6 Å². The first-order valence-corrected chi connectivity index (χ1v) is 7.48. The lowest BCUT2D eigenvalue weighted by atomic mass is 10.0. The second kappa shape index (κ2) is 7.26. The van der Waals surface area contributed by atoms with Crippen molar-refractivity contribution in [3.05, 3.63) is 17.8 Å². The van der Waals surface area contributed by atoms with Crippen LogP contribution in [0.1, 0.15) is 36.5 Å². The molecule has 1 aromatic rings. The smallest absolute Gasteiger partial charge is 0.341 e. The summed E-state index contributed by atoms with van der Waals surface area (Å²) < 4.78 is 5.05. The molecule has 1 aliphatic rings. The van der Waals surface area contributed by atoms with E-state index in [2.05, 4.69) is 22.2 Å². The Morgan fingerprint density at radius 2 is 2.38 bits per heavy atom. The van der Waals surface area contributed by atoms with E-state index in [1.54, 1.807) is 19.2 Å². The number of ether oxygens (including phenoxy) is 1. The highest BCUT2D eigenvalue weighted by molar-refractivity contribution is 5.95. The van der Waals surface area contributed by atoms with E-state index >= 15 is 0 Å². The van der Waals surface area contributed by atoms with Crippen LogP contribution in [0.15, 0.2) is 12.3 Å². The van der Waals surface area contributed by atoms with Crippen molar-refractivity contribution in [1.29, 1.82) is 0 Å². The van der Waals surface area contributed by atoms with Crippen molar-refractivity contribution in [2.75, 3.05) is 37.8 Å². The predicted molar refractivity (Wildman–Crippen MR) is 83.4 cm³/mol. The Bertz CT molecular complexity index is 493. The zero-order chi connectivity index (χ0) is 15.2. The lowest BCUT2D eigenvalue weighted by Crippen LogP contribution is -2.41. The predicted octanol–water partition coefficient (Wildman–Crippen LogP) is 1.74. The largest absolute Gasteiger partial charge is 0.462 e. The summed E-state index contributed by atoms with van der Waals surface area (Å²) in [6, 6.07) is 2.07. The number of likely N-dealkylation sites (N-methyl/N-ethyl adjacent to an activating group) is 1. The second-order valence-corrected chi connectivity index (χ2v) is 5.40. The molecule has 1 atom stereocenters. The Labute approximate surface area is 125 Å². The molecule has 1 fully saturated rings. The third-order valence-electron chi connectivity index (χ3n) is 3.83. The third-order valence-corrected chi connectivity index (χ3v) is 3.83. The van der Waals surface area contributed by atoms with Gasteiger partial charge in [0.1, 0.15) is 11.4 Å². The van der Waals surface area contributed by atoms with Gasteiger partial charge in [-0.3, -0.25) is 0 Å². The fourth-order valence-electron chi connectivity index (χ4n) is 2.60. The number of nitrogens with zero attached hydrogens (tertiary/aromatic N) is 2. The van der Waals surface area contributed by atoms with Crippen molar-refractivity contribution >= 4 is 17.5 Å². The zero-order valence-corrected chi connectivity index (χ0v) is 12.8. The van der Waals surface area contributed by atoms with Crippen molar-refractivity contribution < 1.29 is 9.53 Å². The summed E-state index contributed by atoms with van der Waals surface area (Å²) >= 11 is 0. The standard InChI is InChI=1S/C15H24N4O2/c1-3-21-15(20)13-8-11(16)9-17-14(13)18-10-12-6-4-5-7-19(12)2/h8-9,12H,3-7,10,16H2,1-2H3,(H,17,18). The number of carbonyl (C=O) groups is 1. The number of hydrogen-bond acceptors (Lipinski definition) is 6. The van der Waals surface area contributed by atoms with Gasteiger partial charge < -0.3 is 20.7 Å². The molecule has 0 aromatic carbocycles. The van der Waals surface area contributed by atoms with Crippen LogP contribution in [0.5, 0.6) is 0 Å². The van der Waals surface area contributed by atoms with Gasteiger partial charge in [-0.2, -0.15) is 0 Å². The van der Waals surface area contributed by atoms with Gasteiger partial charge in [-0.05, 0) is 39.4 Å². The highest BCUT2D eigenvalue weighted by atomic mass is 16.5. The molecule has 1 aromatic heterocycles. The van der Waals surface area contributed by atoms with Gasteiger partial charge in [0.25, 0.3) is 0 Å². The van der Waals surface area contributed by atoms with Crippen LogP contribution in [0.25, 0.3) is 0 Å². The Morgan fingerprint density at radius 3 is 3.10 bits per heavy atom. The molecule has 0 radical (unpaired) electrons. The molecule has 2 heterocycles. The Hall–Kier alpha value is -1.82. The van der Waals surface area contributed by atoms with Crippen molar-refractivity contribution in [3.63, 3.8) is 0 Å². The fraction of sp³-hybridized carbons (Fsp3) is 0.600. The van der Waals surface area contributed by atoms with Gasteiger partial charge in [0.2, 0.25) is 0 Å². The van der Waals surface area contributed by atoms with Crippen molar-refractivity contribution in [3.8, 4) is 0 Å². The van der Waals surface area contributed by atoms with Crippen molar-refractivity contribution in [1.82, 2.24) is 9.88 Å². The minimum Gasteiger partial charge on any atom is -0.462 e. The molecule has 3 N–H and O–H groups in total. The number of hydrogen-bond donors (Lipinski definition) is 2. The van der Waals surface area contributed by atoms with Crippen molar-refractivity contribution in [2.24, 2.45) is 0 Å². The van der Waals surface area contributed by atoms with Crippen LogP contribution >= 0.6 is 0 Å². The highest BCUT2D eigenvalue weighted by Crippen LogP contribution is 2.19. The van der Waals surface area contributed by atoms with Crippen LogP contribution < -0.4 is 11.1 Å². The van der Waals surface area contributed by atoms with E-state index in [1.165, 1.54) is 12.8 Å². The van der Waals surface area contributed by atoms with Crippen molar-refractivity contribution in [2.45, 2.75) is 32.2 Å². The van der Waals surface area contributed by atoms with Crippen LogP contribution in [-0.2, 0) is 4.74 Å². The average molecular weight is 292 g/mol. The molecule has 0 saturated carbocycles. The summed E-state index contributed by atoms with van der Waals surface area (Å²) in [5.74, 6) is 0.151. The first-order chi connectivity index (χ1) is 10.1. The van der Waals surface area contributed by atoms with E-state index in [1.807, 2.05) is 0 Å². The lowest BCUT2D eigenvalue weighted by molar-refractivity contribution is 0.0527. The minimum absolute atomic E-state index is 0.332. The number of esters is 1. The molecule has 0 bridgehead atoms. The first kappa shape index (κ1) is 15.6. The Morgan fingerprint density at radius 1 is 1.57 bits per heavy atom. The van der Waals surface area contributed by atoms with E-state index in [-0.39, 0.29) is 0 Å². The molecule has 21 heavy (non-hydrogen) atoms. The number of anilines is 2. The summed E-state index contributed by atoms with van der Waals surface area (Å²) in [4.78, 5) is 18.5. The fourth-order valence-corrected chi connectivity index (χ4v) is 2.60. The summed E-state index contributed by atoms with van der Waals surface area (Å²) in [5.41, 5.74) is 6.57. The Balaban J connectivity index is 2.06. The summed E-state index contributed by atoms with van der Waals surface area (Å²) in [5, 5.41) is 3.27. The van der Waals surface area contributed by atoms with Crippen LogP contribution in [0.2, 0.25) is 0 Å². The number of nitrogens with two attached hydrogens (primary N) is 1. The first-order valence-electron chi connectivity index (χ1n) is 7.48. The van der Waals surface area contributed by atoms with Crippen LogP contribution in [0, 0.1) is 0 Å². The topological polar surface area (TPSA) is 80.5 Å². The number of aromatic nitrogens is 1. The molecular formula is C15H24N4O2. The van der Waals surface area contributed by atoms with Gasteiger partial charge in [0.15, 0.2) is 0 Å². The minimum atomic E-state index is -0.392. The number of nitrogen functional groups attached to an aromatic ring is 1.